The lowest BCUT2D eigenvalue weighted by atomic mass is 10.1. The molecule has 0 fully saturated rings. The number of H-pyrrole nitrogens is 1. The number of rotatable bonds is 2. The van der Waals surface area contributed by atoms with Crippen molar-refractivity contribution in [1.29, 1.82) is 0 Å². The molecule has 0 saturated heterocycles. The highest BCUT2D eigenvalue weighted by Gasteiger charge is 2.07. The van der Waals surface area contributed by atoms with Crippen LogP contribution in [0.2, 0.25) is 0 Å². The van der Waals surface area contributed by atoms with E-state index in [4.69, 9.17) is 0 Å². The van der Waals surface area contributed by atoms with Gasteiger partial charge < -0.3 is 10.2 Å². The van der Waals surface area contributed by atoms with Crippen molar-refractivity contribution in [2.24, 2.45) is 10.2 Å². The summed E-state index contributed by atoms with van der Waals surface area (Å²) in [6.45, 7) is 0. The Balaban J connectivity index is 2.16. The molecule has 94 valence electrons. The lowest BCUT2D eigenvalue weighted by molar-refractivity contribution is 0.475. The van der Waals surface area contributed by atoms with Crippen LogP contribution in [0.15, 0.2) is 40.6 Å². The maximum Gasteiger partial charge on any atom is 0.307 e. The lowest BCUT2D eigenvalue weighted by Crippen LogP contribution is -1.76. The van der Waals surface area contributed by atoms with Gasteiger partial charge in [0.15, 0.2) is 0 Å². The van der Waals surface area contributed by atoms with Crippen LogP contribution in [0.25, 0.3) is 10.8 Å². The molecular formula is C11H8N6O2. The molecular weight excluding hydrogens is 248 g/mol. The van der Waals surface area contributed by atoms with E-state index in [0.29, 0.717) is 5.39 Å². The number of aromatic amines is 1. The van der Waals surface area contributed by atoms with Gasteiger partial charge in [-0.25, -0.2) is 0 Å². The van der Waals surface area contributed by atoms with Crippen LogP contribution in [-0.4, -0.2) is 30.8 Å². The van der Waals surface area contributed by atoms with Crippen molar-refractivity contribution in [2.75, 3.05) is 0 Å². The van der Waals surface area contributed by atoms with E-state index in [2.05, 4.69) is 30.9 Å². The van der Waals surface area contributed by atoms with Crippen LogP contribution in [0.4, 0.5) is 11.6 Å². The first kappa shape index (κ1) is 11.1. The van der Waals surface area contributed by atoms with Gasteiger partial charge in [0, 0.05) is 5.39 Å². The van der Waals surface area contributed by atoms with Gasteiger partial charge in [-0.3, -0.25) is 0 Å². The van der Waals surface area contributed by atoms with Crippen LogP contribution >= 0.6 is 0 Å². The number of phenolic OH excluding ortho intramolecular Hbond substituents is 2. The molecule has 2 aromatic carbocycles. The third-order valence-corrected chi connectivity index (χ3v) is 2.53. The number of azo groups is 1. The van der Waals surface area contributed by atoms with E-state index < -0.39 is 0 Å². The standard InChI is InChI=1S/C11H8N6O2/c18-7-3-1-6-2-4-9(19)10(8(6)5-7)12-13-11-14-16-17-15-11/h1-5,18-19H,(H,14,15,16,17). The molecule has 3 N–H and O–H groups in total. The number of phenols is 2. The van der Waals surface area contributed by atoms with Gasteiger partial charge in [0.25, 0.3) is 0 Å². The van der Waals surface area contributed by atoms with Crippen molar-refractivity contribution in [3.8, 4) is 11.5 Å². The van der Waals surface area contributed by atoms with Gasteiger partial charge in [0.05, 0.1) is 0 Å². The first-order valence-electron chi connectivity index (χ1n) is 5.34. The van der Waals surface area contributed by atoms with Crippen LogP contribution in [0.3, 0.4) is 0 Å². The highest BCUT2D eigenvalue weighted by atomic mass is 16.3. The maximum atomic E-state index is 9.83. The summed E-state index contributed by atoms with van der Waals surface area (Å²) in [5, 5.41) is 41.2. The van der Waals surface area contributed by atoms with Crippen molar-refractivity contribution < 1.29 is 10.2 Å². The van der Waals surface area contributed by atoms with E-state index in [0.717, 1.165) is 5.39 Å². The Morgan fingerprint density at radius 1 is 1.05 bits per heavy atom. The van der Waals surface area contributed by atoms with E-state index in [-0.39, 0.29) is 23.1 Å². The average Bonchev–Trinajstić information content (AvgIpc) is 2.91. The summed E-state index contributed by atoms with van der Waals surface area (Å²) in [6, 6.07) is 8.00. The zero-order valence-electron chi connectivity index (χ0n) is 9.52. The van der Waals surface area contributed by atoms with E-state index >= 15 is 0 Å². The molecule has 1 heterocycles. The van der Waals surface area contributed by atoms with Gasteiger partial charge in [-0.2, -0.15) is 5.21 Å². The van der Waals surface area contributed by atoms with Crippen molar-refractivity contribution in [2.45, 2.75) is 0 Å². The Kier molecular flexibility index (Phi) is 2.53. The second kappa shape index (κ2) is 4.33. The molecule has 0 radical (unpaired) electrons. The Bertz CT molecular complexity index is 748. The maximum absolute atomic E-state index is 9.83. The van der Waals surface area contributed by atoms with E-state index in [9.17, 15) is 10.2 Å². The van der Waals surface area contributed by atoms with Gasteiger partial charge in [-0.1, -0.05) is 17.2 Å². The van der Waals surface area contributed by atoms with Crippen LogP contribution < -0.4 is 0 Å². The first-order chi connectivity index (χ1) is 9.24. The zero-order chi connectivity index (χ0) is 13.2. The minimum absolute atomic E-state index is 0.0506. The summed E-state index contributed by atoms with van der Waals surface area (Å²) in [5.41, 5.74) is 0.234. The van der Waals surface area contributed by atoms with Gasteiger partial charge in [-0.15, -0.1) is 15.3 Å². The second-order valence-electron chi connectivity index (χ2n) is 3.75. The highest BCUT2D eigenvalue weighted by molar-refractivity contribution is 5.96. The van der Waals surface area contributed by atoms with Gasteiger partial charge >= 0.3 is 5.95 Å². The Hall–Kier alpha value is -3.03. The molecule has 0 aliphatic heterocycles. The summed E-state index contributed by atoms with van der Waals surface area (Å²) < 4.78 is 0. The van der Waals surface area contributed by atoms with Crippen LogP contribution in [0.5, 0.6) is 11.5 Å². The number of tetrazole rings is 1. The van der Waals surface area contributed by atoms with E-state index in [1.54, 1.807) is 18.2 Å². The lowest BCUT2D eigenvalue weighted by Gasteiger charge is -2.04. The van der Waals surface area contributed by atoms with Crippen LogP contribution in [0.1, 0.15) is 0 Å². The number of nitrogens with zero attached hydrogens (tertiary/aromatic N) is 5. The molecule has 8 nitrogen and oxygen atoms in total. The molecule has 0 saturated carbocycles. The summed E-state index contributed by atoms with van der Waals surface area (Å²) in [7, 11) is 0. The third kappa shape index (κ3) is 2.06. The highest BCUT2D eigenvalue weighted by Crippen LogP contribution is 2.37. The number of aromatic hydroxyl groups is 2. The largest absolute Gasteiger partial charge is 0.508 e. The fourth-order valence-electron chi connectivity index (χ4n) is 1.68. The summed E-state index contributed by atoms with van der Waals surface area (Å²) in [6.07, 6.45) is 0. The summed E-state index contributed by atoms with van der Waals surface area (Å²) >= 11 is 0. The fraction of sp³-hybridized carbons (Fsp3) is 0. The number of hydrogen-bond donors (Lipinski definition) is 3. The molecule has 19 heavy (non-hydrogen) atoms. The Morgan fingerprint density at radius 3 is 2.68 bits per heavy atom. The van der Waals surface area contributed by atoms with Crippen LogP contribution in [-0.2, 0) is 0 Å². The molecule has 0 aliphatic rings. The predicted molar refractivity (Wildman–Crippen MR) is 65.6 cm³/mol. The molecule has 1 aromatic heterocycles. The minimum Gasteiger partial charge on any atom is -0.508 e. The molecule has 0 spiro atoms. The van der Waals surface area contributed by atoms with Crippen molar-refractivity contribution in [3.05, 3.63) is 30.3 Å². The number of hydrogen-bond acceptors (Lipinski definition) is 7. The quantitative estimate of drug-likeness (QED) is 0.607. The molecule has 0 amide bonds. The summed E-state index contributed by atoms with van der Waals surface area (Å²) in [4.78, 5) is 0. The molecule has 3 rings (SSSR count). The number of nitrogens with one attached hydrogen (secondary N) is 1. The fourth-order valence-corrected chi connectivity index (χ4v) is 1.68. The van der Waals surface area contributed by atoms with Crippen LogP contribution in [0, 0.1) is 0 Å². The average molecular weight is 256 g/mol. The molecule has 0 unspecified atom stereocenters. The minimum atomic E-state index is -0.0506. The topological polar surface area (TPSA) is 120 Å². The normalized spacial score (nSPS) is 11.4. The van der Waals surface area contributed by atoms with Gasteiger partial charge in [0.1, 0.15) is 17.2 Å². The monoisotopic (exact) mass is 256 g/mol. The molecule has 3 aromatic rings. The Morgan fingerprint density at radius 2 is 1.89 bits per heavy atom. The molecule has 8 heteroatoms. The molecule has 0 bridgehead atoms. The van der Waals surface area contributed by atoms with E-state index in [1.807, 2.05) is 0 Å². The Labute approximate surface area is 106 Å². The number of fused-ring (bicyclic) bond motifs is 1. The number of benzene rings is 2. The smallest absolute Gasteiger partial charge is 0.307 e. The molecule has 0 aliphatic carbocycles. The third-order valence-electron chi connectivity index (χ3n) is 2.53. The number of aromatic nitrogens is 4. The summed E-state index contributed by atoms with van der Waals surface area (Å²) in [5.74, 6) is 0.0796. The van der Waals surface area contributed by atoms with Crippen molar-refractivity contribution >= 4 is 22.4 Å². The van der Waals surface area contributed by atoms with Crippen molar-refractivity contribution in [3.63, 3.8) is 0 Å². The van der Waals surface area contributed by atoms with E-state index in [1.165, 1.54) is 12.1 Å². The van der Waals surface area contributed by atoms with Gasteiger partial charge in [-0.05, 0) is 28.8 Å². The second-order valence-corrected chi connectivity index (χ2v) is 3.75. The molecule has 0 atom stereocenters. The predicted octanol–water partition coefficient (Wildman–Crippen LogP) is 2.18. The van der Waals surface area contributed by atoms with Crippen molar-refractivity contribution in [1.82, 2.24) is 20.6 Å². The zero-order valence-corrected chi connectivity index (χ0v) is 9.52. The van der Waals surface area contributed by atoms with Gasteiger partial charge in [0.2, 0.25) is 0 Å². The first-order valence-corrected chi connectivity index (χ1v) is 5.34. The SMILES string of the molecule is Oc1ccc2ccc(O)c(N=Nc3nn[nH]n3)c2c1.